The number of fused-ring (bicyclic) bond motifs is 1. The highest BCUT2D eigenvalue weighted by molar-refractivity contribution is 5.78. The lowest BCUT2D eigenvalue weighted by molar-refractivity contribution is 0.222. The van der Waals surface area contributed by atoms with Gasteiger partial charge in [0.15, 0.2) is 6.17 Å². The van der Waals surface area contributed by atoms with Gasteiger partial charge in [-0.1, -0.05) is 41.6 Å². The first kappa shape index (κ1) is 18.2. The molecule has 150 valence electrons. The monoisotopic (exact) mass is 399 g/mol. The number of anilines is 1. The molecule has 1 aliphatic rings. The van der Waals surface area contributed by atoms with Crippen LogP contribution >= 0.6 is 0 Å². The van der Waals surface area contributed by atoms with E-state index < -0.39 is 0 Å². The van der Waals surface area contributed by atoms with Crippen LogP contribution in [0, 0.1) is 0 Å². The summed E-state index contributed by atoms with van der Waals surface area (Å²) in [6.07, 6.45) is 3.37. The smallest absolute Gasteiger partial charge is 0.225 e. The molecule has 4 aromatic rings. The highest BCUT2D eigenvalue weighted by Crippen LogP contribution is 2.27. The van der Waals surface area contributed by atoms with Gasteiger partial charge in [0.1, 0.15) is 12.1 Å². The summed E-state index contributed by atoms with van der Waals surface area (Å²) in [6, 6.07) is 18.3. The number of aromatic nitrogens is 4. The molecule has 30 heavy (non-hydrogen) atoms. The Hall–Kier alpha value is -3.85. The van der Waals surface area contributed by atoms with E-state index in [1.165, 1.54) is 5.56 Å². The van der Waals surface area contributed by atoms with Gasteiger partial charge in [-0.2, -0.15) is 9.99 Å². The lowest BCUT2D eigenvalue weighted by atomic mass is 10.1. The van der Waals surface area contributed by atoms with E-state index >= 15 is 0 Å². The molecule has 0 saturated carbocycles. The third kappa shape index (κ3) is 3.35. The van der Waals surface area contributed by atoms with Gasteiger partial charge in [-0.25, -0.2) is 15.5 Å². The standard InChI is InChI=1S/C21H21N9/c1-14(15-6-4-3-5-7-15)24-21-22-11-10-19(25-21)30-13-23-17-12-16(8-9-18(17)30)20-26-27-28-29(20)2/h3-14,20H,1-2H3,(H,26,28)(H,22,24,25)/t14-,20?/m0/s1. The summed E-state index contributed by atoms with van der Waals surface area (Å²) in [6.45, 7) is 2.09. The first-order chi connectivity index (χ1) is 14.7. The maximum absolute atomic E-state index is 4.69. The SMILES string of the molecule is C[C@H](Nc1nccc(-n2cnc3cc(C4N=NNN4C)ccc32)n1)c1ccccc1. The summed E-state index contributed by atoms with van der Waals surface area (Å²) >= 11 is 0. The van der Waals surface area contributed by atoms with Crippen LogP contribution in [0.3, 0.4) is 0 Å². The minimum absolute atomic E-state index is 0.0923. The maximum Gasteiger partial charge on any atom is 0.225 e. The van der Waals surface area contributed by atoms with E-state index in [-0.39, 0.29) is 12.2 Å². The summed E-state index contributed by atoms with van der Waals surface area (Å²) < 4.78 is 1.96. The number of hydrogen-bond donors (Lipinski definition) is 2. The predicted molar refractivity (Wildman–Crippen MR) is 114 cm³/mol. The van der Waals surface area contributed by atoms with Crippen molar-refractivity contribution in [3.05, 3.63) is 78.2 Å². The van der Waals surface area contributed by atoms with E-state index in [4.69, 9.17) is 4.98 Å². The van der Waals surface area contributed by atoms with E-state index in [0.717, 1.165) is 22.4 Å². The Bertz CT molecular complexity index is 1200. The minimum Gasteiger partial charge on any atom is -0.348 e. The largest absolute Gasteiger partial charge is 0.348 e. The highest BCUT2D eigenvalue weighted by atomic mass is 15.8. The van der Waals surface area contributed by atoms with Crippen molar-refractivity contribution >= 4 is 17.0 Å². The van der Waals surface area contributed by atoms with E-state index in [1.54, 1.807) is 12.5 Å². The average Bonchev–Trinajstić information content (AvgIpc) is 3.40. The maximum atomic E-state index is 4.69. The molecule has 2 N–H and O–H groups in total. The molecular formula is C21H21N9. The van der Waals surface area contributed by atoms with Gasteiger partial charge in [-0.15, -0.1) is 5.11 Å². The molecule has 3 heterocycles. The zero-order valence-corrected chi connectivity index (χ0v) is 16.6. The molecule has 0 amide bonds. The lowest BCUT2D eigenvalue weighted by Crippen LogP contribution is -2.27. The van der Waals surface area contributed by atoms with E-state index in [0.29, 0.717) is 5.95 Å². The van der Waals surface area contributed by atoms with Crippen molar-refractivity contribution < 1.29 is 0 Å². The molecule has 0 saturated heterocycles. The van der Waals surface area contributed by atoms with Gasteiger partial charge in [0, 0.05) is 13.2 Å². The summed E-state index contributed by atoms with van der Waals surface area (Å²) in [4.78, 5) is 13.6. The second-order valence-corrected chi connectivity index (χ2v) is 7.18. The van der Waals surface area contributed by atoms with Crippen molar-refractivity contribution in [3.8, 4) is 5.82 Å². The third-order valence-corrected chi connectivity index (χ3v) is 5.14. The molecule has 0 radical (unpaired) electrons. The molecule has 0 aliphatic carbocycles. The van der Waals surface area contributed by atoms with Crippen LogP contribution in [-0.4, -0.2) is 31.6 Å². The van der Waals surface area contributed by atoms with Crippen LogP contribution in [0.5, 0.6) is 0 Å². The lowest BCUT2D eigenvalue weighted by Gasteiger charge is -2.15. The van der Waals surface area contributed by atoms with Crippen molar-refractivity contribution in [1.82, 2.24) is 30.1 Å². The van der Waals surface area contributed by atoms with Crippen LogP contribution < -0.4 is 10.9 Å². The fraction of sp³-hybridized carbons (Fsp3) is 0.190. The Balaban J connectivity index is 1.43. The van der Waals surface area contributed by atoms with Crippen molar-refractivity contribution in [2.45, 2.75) is 19.1 Å². The van der Waals surface area contributed by atoms with Crippen molar-refractivity contribution in [3.63, 3.8) is 0 Å². The van der Waals surface area contributed by atoms with Crippen LogP contribution in [0.2, 0.25) is 0 Å². The molecule has 1 aliphatic heterocycles. The summed E-state index contributed by atoms with van der Waals surface area (Å²) in [5.41, 5.74) is 6.85. The van der Waals surface area contributed by atoms with Gasteiger partial charge < -0.3 is 5.32 Å². The Morgan fingerprint density at radius 1 is 1.07 bits per heavy atom. The van der Waals surface area contributed by atoms with Crippen LogP contribution in [-0.2, 0) is 0 Å². The predicted octanol–water partition coefficient (Wildman–Crippen LogP) is 3.80. The fourth-order valence-electron chi connectivity index (χ4n) is 3.52. The molecular weight excluding hydrogens is 378 g/mol. The Kier molecular flexibility index (Phi) is 4.56. The first-order valence-corrected chi connectivity index (χ1v) is 9.69. The number of rotatable bonds is 5. The van der Waals surface area contributed by atoms with Crippen LogP contribution in [0.4, 0.5) is 5.95 Å². The third-order valence-electron chi connectivity index (χ3n) is 5.14. The van der Waals surface area contributed by atoms with Crippen molar-refractivity contribution in [1.29, 1.82) is 0 Å². The fourth-order valence-corrected chi connectivity index (χ4v) is 3.52. The van der Waals surface area contributed by atoms with Crippen LogP contribution in [0.25, 0.3) is 16.9 Å². The minimum atomic E-state index is -0.158. The number of imidazole rings is 1. The Labute approximate surface area is 173 Å². The van der Waals surface area contributed by atoms with Crippen LogP contribution in [0.1, 0.15) is 30.3 Å². The highest BCUT2D eigenvalue weighted by Gasteiger charge is 2.21. The summed E-state index contributed by atoms with van der Waals surface area (Å²) in [5.74, 6) is 1.32. The second kappa shape index (κ2) is 7.53. The molecule has 0 bridgehead atoms. The van der Waals surface area contributed by atoms with Gasteiger partial charge in [0.2, 0.25) is 5.95 Å². The van der Waals surface area contributed by atoms with Crippen molar-refractivity contribution in [2.75, 3.05) is 12.4 Å². The average molecular weight is 399 g/mol. The Morgan fingerprint density at radius 2 is 1.93 bits per heavy atom. The van der Waals surface area contributed by atoms with Gasteiger partial charge >= 0.3 is 0 Å². The molecule has 2 aromatic carbocycles. The van der Waals surface area contributed by atoms with E-state index in [2.05, 4.69) is 50.2 Å². The second-order valence-electron chi connectivity index (χ2n) is 7.18. The number of hydrogen-bond acceptors (Lipinski definition) is 8. The topological polar surface area (TPSA) is 95.6 Å². The zero-order chi connectivity index (χ0) is 20.5. The van der Waals surface area contributed by atoms with Crippen molar-refractivity contribution in [2.24, 2.45) is 10.3 Å². The van der Waals surface area contributed by atoms with Gasteiger partial charge in [0.05, 0.1) is 17.1 Å². The normalized spacial score (nSPS) is 17.2. The molecule has 9 nitrogen and oxygen atoms in total. The molecule has 9 heteroatoms. The van der Waals surface area contributed by atoms with E-state index in [9.17, 15) is 0 Å². The van der Waals surface area contributed by atoms with Gasteiger partial charge in [-0.3, -0.25) is 4.57 Å². The number of nitrogens with one attached hydrogen (secondary N) is 2. The molecule has 0 fully saturated rings. The number of nitrogens with zero attached hydrogens (tertiary/aromatic N) is 7. The molecule has 2 aromatic heterocycles. The number of hydrazine groups is 1. The van der Waals surface area contributed by atoms with Gasteiger partial charge in [-0.05, 0) is 36.2 Å². The quantitative estimate of drug-likeness (QED) is 0.530. The summed E-state index contributed by atoms with van der Waals surface area (Å²) in [7, 11) is 1.90. The zero-order valence-electron chi connectivity index (χ0n) is 16.6. The van der Waals surface area contributed by atoms with E-state index in [1.807, 2.05) is 59.1 Å². The molecule has 2 atom stereocenters. The molecule has 0 spiro atoms. The summed E-state index contributed by atoms with van der Waals surface area (Å²) in [5, 5.41) is 13.3. The molecule has 5 rings (SSSR count). The number of benzene rings is 2. The first-order valence-electron chi connectivity index (χ1n) is 9.69. The molecule has 1 unspecified atom stereocenters. The van der Waals surface area contributed by atoms with Gasteiger partial charge in [0.25, 0.3) is 0 Å². The van der Waals surface area contributed by atoms with Crippen LogP contribution in [0.15, 0.2) is 77.5 Å². The Morgan fingerprint density at radius 3 is 2.73 bits per heavy atom.